The van der Waals surface area contributed by atoms with Crippen molar-refractivity contribution in [3.05, 3.63) is 11.4 Å². The molecule has 1 fully saturated rings. The molecule has 0 saturated carbocycles. The fourth-order valence-corrected chi connectivity index (χ4v) is 4.38. The van der Waals surface area contributed by atoms with Crippen LogP contribution in [0.3, 0.4) is 0 Å². The molecule has 0 unspecified atom stereocenters. The number of hydrogen-bond donors (Lipinski definition) is 1. The SMILES string of the molecule is CCN(C1CNC1)S(=O)(=O)c1c(C)nn(C)c1C. The number of likely N-dealkylation sites (N-methyl/N-ethyl adjacent to an activating group) is 1. The first kappa shape index (κ1) is 13.5. The number of sulfonamides is 1. The third-order valence-corrected chi connectivity index (χ3v) is 5.77. The molecule has 0 atom stereocenters. The zero-order valence-electron chi connectivity index (χ0n) is 11.3. The van der Waals surface area contributed by atoms with Crippen LogP contribution in [0.15, 0.2) is 4.90 Å². The Kier molecular flexibility index (Phi) is 3.48. The number of hydrogen-bond acceptors (Lipinski definition) is 4. The van der Waals surface area contributed by atoms with Crippen molar-refractivity contribution in [3.63, 3.8) is 0 Å². The molecule has 1 aliphatic heterocycles. The molecular formula is C11H20N4O2S. The molecule has 7 heteroatoms. The van der Waals surface area contributed by atoms with Crippen LogP contribution in [-0.2, 0) is 17.1 Å². The third-order valence-electron chi connectivity index (χ3n) is 3.49. The minimum atomic E-state index is -3.44. The summed E-state index contributed by atoms with van der Waals surface area (Å²) in [6, 6.07) is 0.0685. The lowest BCUT2D eigenvalue weighted by molar-refractivity contribution is 0.249. The van der Waals surface area contributed by atoms with E-state index in [4.69, 9.17) is 0 Å². The van der Waals surface area contributed by atoms with E-state index in [1.54, 1.807) is 29.9 Å². The van der Waals surface area contributed by atoms with Crippen molar-refractivity contribution in [3.8, 4) is 0 Å². The van der Waals surface area contributed by atoms with Gasteiger partial charge in [0, 0.05) is 26.7 Å². The van der Waals surface area contributed by atoms with Crippen molar-refractivity contribution in [1.29, 1.82) is 0 Å². The van der Waals surface area contributed by atoms with Crippen LogP contribution in [0, 0.1) is 13.8 Å². The average molecular weight is 272 g/mol. The molecule has 0 aliphatic carbocycles. The van der Waals surface area contributed by atoms with Crippen molar-refractivity contribution < 1.29 is 8.42 Å². The van der Waals surface area contributed by atoms with E-state index in [1.807, 2.05) is 6.92 Å². The normalized spacial score (nSPS) is 17.2. The van der Waals surface area contributed by atoms with E-state index < -0.39 is 10.0 Å². The zero-order valence-corrected chi connectivity index (χ0v) is 12.1. The summed E-state index contributed by atoms with van der Waals surface area (Å²) in [6.07, 6.45) is 0. The molecule has 102 valence electrons. The highest BCUT2D eigenvalue weighted by Crippen LogP contribution is 2.25. The average Bonchev–Trinajstić information content (AvgIpc) is 2.46. The Hall–Kier alpha value is -0.920. The van der Waals surface area contributed by atoms with Gasteiger partial charge < -0.3 is 5.32 Å². The second kappa shape index (κ2) is 4.64. The molecule has 0 bridgehead atoms. The van der Waals surface area contributed by atoms with Crippen LogP contribution < -0.4 is 5.32 Å². The van der Waals surface area contributed by atoms with Crippen LogP contribution in [-0.4, -0.2) is 48.2 Å². The standard InChI is InChI=1S/C11H20N4O2S/c1-5-15(10-6-12-7-10)18(16,17)11-8(2)13-14(4)9(11)3/h10,12H,5-7H2,1-4H3. The summed E-state index contributed by atoms with van der Waals surface area (Å²) in [5, 5.41) is 7.30. The van der Waals surface area contributed by atoms with Gasteiger partial charge in [0.15, 0.2) is 0 Å². The monoisotopic (exact) mass is 272 g/mol. The first-order valence-corrected chi connectivity index (χ1v) is 7.56. The maximum absolute atomic E-state index is 12.7. The summed E-state index contributed by atoms with van der Waals surface area (Å²) in [5.74, 6) is 0. The van der Waals surface area contributed by atoms with Crippen LogP contribution >= 0.6 is 0 Å². The molecule has 0 radical (unpaired) electrons. The largest absolute Gasteiger partial charge is 0.313 e. The predicted molar refractivity (Wildman–Crippen MR) is 68.9 cm³/mol. The lowest BCUT2D eigenvalue weighted by Crippen LogP contribution is -2.58. The molecular weight excluding hydrogens is 252 g/mol. The predicted octanol–water partition coefficient (Wildman–Crippen LogP) is 0.0193. The van der Waals surface area contributed by atoms with Gasteiger partial charge in [-0.15, -0.1) is 0 Å². The van der Waals surface area contributed by atoms with E-state index in [9.17, 15) is 8.42 Å². The van der Waals surface area contributed by atoms with Crippen LogP contribution in [0.4, 0.5) is 0 Å². The summed E-state index contributed by atoms with van der Waals surface area (Å²) in [6.45, 7) is 7.35. The smallest absolute Gasteiger partial charge is 0.247 e. The Labute approximate surface area is 108 Å². The third kappa shape index (κ3) is 1.96. The van der Waals surface area contributed by atoms with E-state index in [1.165, 1.54) is 0 Å². The Balaban J connectivity index is 2.46. The molecule has 2 rings (SSSR count). The van der Waals surface area contributed by atoms with E-state index in [0.29, 0.717) is 22.8 Å². The summed E-state index contributed by atoms with van der Waals surface area (Å²) in [4.78, 5) is 0.360. The lowest BCUT2D eigenvalue weighted by Gasteiger charge is -2.36. The molecule has 6 nitrogen and oxygen atoms in total. The fraction of sp³-hybridized carbons (Fsp3) is 0.727. The van der Waals surface area contributed by atoms with Gasteiger partial charge in [0.1, 0.15) is 4.90 Å². The Morgan fingerprint density at radius 2 is 2.06 bits per heavy atom. The minimum absolute atomic E-state index is 0.0685. The van der Waals surface area contributed by atoms with E-state index in [2.05, 4.69) is 10.4 Å². The highest BCUT2D eigenvalue weighted by atomic mass is 32.2. The summed E-state index contributed by atoms with van der Waals surface area (Å²) in [7, 11) is -1.68. The molecule has 1 saturated heterocycles. The molecule has 1 aromatic heterocycles. The number of aromatic nitrogens is 2. The second-order valence-electron chi connectivity index (χ2n) is 4.64. The van der Waals surface area contributed by atoms with Crippen molar-refractivity contribution >= 4 is 10.0 Å². The van der Waals surface area contributed by atoms with E-state index in [0.717, 1.165) is 13.1 Å². The van der Waals surface area contributed by atoms with Gasteiger partial charge in [0.2, 0.25) is 10.0 Å². The molecule has 1 N–H and O–H groups in total. The zero-order chi connectivity index (χ0) is 13.5. The van der Waals surface area contributed by atoms with Crippen LogP contribution in [0.1, 0.15) is 18.3 Å². The van der Waals surface area contributed by atoms with Crippen molar-refractivity contribution in [2.45, 2.75) is 31.7 Å². The number of nitrogens with zero attached hydrogens (tertiary/aromatic N) is 3. The topological polar surface area (TPSA) is 67.2 Å². The van der Waals surface area contributed by atoms with Gasteiger partial charge in [-0.2, -0.15) is 9.40 Å². The molecule has 2 heterocycles. The Bertz CT molecular complexity index is 546. The van der Waals surface area contributed by atoms with Crippen molar-refractivity contribution in [1.82, 2.24) is 19.4 Å². The maximum Gasteiger partial charge on any atom is 0.247 e. The van der Waals surface area contributed by atoms with Crippen LogP contribution in [0.25, 0.3) is 0 Å². The fourth-order valence-electron chi connectivity index (χ4n) is 2.35. The maximum atomic E-state index is 12.7. The van der Waals surface area contributed by atoms with E-state index >= 15 is 0 Å². The molecule has 0 spiro atoms. The molecule has 1 aromatic rings. The van der Waals surface area contributed by atoms with Gasteiger partial charge in [-0.25, -0.2) is 8.42 Å². The van der Waals surface area contributed by atoms with Gasteiger partial charge in [0.05, 0.1) is 17.4 Å². The van der Waals surface area contributed by atoms with Crippen LogP contribution in [0.2, 0.25) is 0 Å². The first-order chi connectivity index (χ1) is 8.39. The molecule has 1 aliphatic rings. The minimum Gasteiger partial charge on any atom is -0.313 e. The summed E-state index contributed by atoms with van der Waals surface area (Å²) >= 11 is 0. The first-order valence-electron chi connectivity index (χ1n) is 6.12. The number of nitrogens with one attached hydrogen (secondary N) is 1. The van der Waals surface area contributed by atoms with Gasteiger partial charge >= 0.3 is 0 Å². The molecule has 18 heavy (non-hydrogen) atoms. The van der Waals surface area contributed by atoms with Gasteiger partial charge in [0.25, 0.3) is 0 Å². The Morgan fingerprint density at radius 3 is 2.39 bits per heavy atom. The molecule has 0 aromatic carbocycles. The number of rotatable bonds is 4. The van der Waals surface area contributed by atoms with Gasteiger partial charge in [-0.05, 0) is 13.8 Å². The Morgan fingerprint density at radius 1 is 1.44 bits per heavy atom. The highest BCUT2D eigenvalue weighted by Gasteiger charge is 2.36. The number of aryl methyl sites for hydroxylation is 2. The van der Waals surface area contributed by atoms with Crippen LogP contribution in [0.5, 0.6) is 0 Å². The lowest BCUT2D eigenvalue weighted by atomic mass is 10.2. The summed E-state index contributed by atoms with van der Waals surface area (Å²) in [5.41, 5.74) is 1.26. The quantitative estimate of drug-likeness (QED) is 0.839. The van der Waals surface area contributed by atoms with Crippen molar-refractivity contribution in [2.75, 3.05) is 19.6 Å². The molecule has 0 amide bonds. The van der Waals surface area contributed by atoms with Gasteiger partial charge in [-0.1, -0.05) is 6.92 Å². The van der Waals surface area contributed by atoms with Crippen molar-refractivity contribution in [2.24, 2.45) is 7.05 Å². The summed E-state index contributed by atoms with van der Waals surface area (Å²) < 4.78 is 28.6. The van der Waals surface area contributed by atoms with Gasteiger partial charge in [-0.3, -0.25) is 4.68 Å². The van der Waals surface area contributed by atoms with E-state index in [-0.39, 0.29) is 6.04 Å². The second-order valence-corrected chi connectivity index (χ2v) is 6.47. The highest BCUT2D eigenvalue weighted by molar-refractivity contribution is 7.89.